The van der Waals surface area contributed by atoms with Gasteiger partial charge in [0.15, 0.2) is 0 Å². The maximum atomic E-state index is 11.7. The minimum absolute atomic E-state index is 0.192. The van der Waals surface area contributed by atoms with E-state index in [2.05, 4.69) is 15.3 Å². The Kier molecular flexibility index (Phi) is 4.71. The second kappa shape index (κ2) is 6.69. The SMILES string of the molecule is CCOC(=O)c1cnc(Oc2ccc(NC)cc2)nc1C. The molecule has 1 heterocycles. The highest BCUT2D eigenvalue weighted by molar-refractivity contribution is 5.90. The first-order valence-corrected chi connectivity index (χ1v) is 6.60. The minimum atomic E-state index is -0.431. The van der Waals surface area contributed by atoms with Crippen LogP contribution in [0.5, 0.6) is 11.8 Å². The summed E-state index contributed by atoms with van der Waals surface area (Å²) in [5, 5.41) is 3.02. The molecule has 0 saturated heterocycles. The fraction of sp³-hybridized carbons (Fsp3) is 0.267. The normalized spacial score (nSPS) is 10.0. The summed E-state index contributed by atoms with van der Waals surface area (Å²) >= 11 is 0. The van der Waals surface area contributed by atoms with Gasteiger partial charge in [-0.2, -0.15) is 4.98 Å². The van der Waals surface area contributed by atoms with Gasteiger partial charge in [0, 0.05) is 18.9 Å². The van der Waals surface area contributed by atoms with Crippen LogP contribution in [-0.2, 0) is 4.74 Å². The Morgan fingerprint density at radius 2 is 2.00 bits per heavy atom. The van der Waals surface area contributed by atoms with E-state index < -0.39 is 5.97 Å². The molecule has 0 aliphatic rings. The molecule has 1 aromatic heterocycles. The van der Waals surface area contributed by atoms with Crippen molar-refractivity contribution in [3.63, 3.8) is 0 Å². The number of aromatic nitrogens is 2. The quantitative estimate of drug-likeness (QED) is 0.852. The van der Waals surface area contributed by atoms with Crippen LogP contribution in [-0.4, -0.2) is 29.6 Å². The van der Waals surface area contributed by atoms with E-state index in [-0.39, 0.29) is 6.01 Å². The fourth-order valence-corrected chi connectivity index (χ4v) is 1.70. The van der Waals surface area contributed by atoms with Crippen molar-refractivity contribution in [3.05, 3.63) is 41.7 Å². The predicted octanol–water partition coefficient (Wildman–Crippen LogP) is 2.80. The number of hydrogen-bond acceptors (Lipinski definition) is 6. The van der Waals surface area contributed by atoms with Gasteiger partial charge in [-0.25, -0.2) is 9.78 Å². The van der Waals surface area contributed by atoms with Crippen LogP contribution >= 0.6 is 0 Å². The van der Waals surface area contributed by atoms with Crippen molar-refractivity contribution in [2.45, 2.75) is 13.8 Å². The number of benzene rings is 1. The lowest BCUT2D eigenvalue weighted by Gasteiger charge is -2.08. The lowest BCUT2D eigenvalue weighted by Crippen LogP contribution is -2.09. The topological polar surface area (TPSA) is 73.3 Å². The number of anilines is 1. The van der Waals surface area contributed by atoms with Crippen molar-refractivity contribution in [1.82, 2.24) is 9.97 Å². The molecule has 0 bridgehead atoms. The summed E-state index contributed by atoms with van der Waals surface area (Å²) in [6.45, 7) is 3.78. The molecule has 0 radical (unpaired) electrons. The van der Waals surface area contributed by atoms with E-state index in [4.69, 9.17) is 9.47 Å². The maximum absolute atomic E-state index is 11.7. The molecular weight excluding hydrogens is 270 g/mol. The van der Waals surface area contributed by atoms with Crippen molar-refractivity contribution < 1.29 is 14.3 Å². The zero-order chi connectivity index (χ0) is 15.2. The monoisotopic (exact) mass is 287 g/mol. The molecule has 0 saturated carbocycles. The minimum Gasteiger partial charge on any atom is -0.462 e. The third kappa shape index (κ3) is 3.68. The van der Waals surface area contributed by atoms with E-state index in [1.807, 2.05) is 31.3 Å². The van der Waals surface area contributed by atoms with Crippen molar-refractivity contribution in [3.8, 4) is 11.8 Å². The number of esters is 1. The van der Waals surface area contributed by atoms with E-state index in [0.29, 0.717) is 23.6 Å². The van der Waals surface area contributed by atoms with Crippen molar-refractivity contribution in [1.29, 1.82) is 0 Å². The molecule has 0 unspecified atom stereocenters. The van der Waals surface area contributed by atoms with Crippen LogP contribution in [0.4, 0.5) is 5.69 Å². The lowest BCUT2D eigenvalue weighted by atomic mass is 10.2. The molecule has 1 N–H and O–H groups in total. The maximum Gasteiger partial charge on any atom is 0.341 e. The lowest BCUT2D eigenvalue weighted by molar-refractivity contribution is 0.0524. The molecule has 6 nitrogen and oxygen atoms in total. The van der Waals surface area contributed by atoms with E-state index in [9.17, 15) is 4.79 Å². The fourth-order valence-electron chi connectivity index (χ4n) is 1.70. The standard InChI is InChI=1S/C15H17N3O3/c1-4-20-14(19)13-9-17-15(18-10(13)2)21-12-7-5-11(16-3)6-8-12/h5-9,16H,4H2,1-3H3. The number of rotatable bonds is 5. The van der Waals surface area contributed by atoms with Gasteiger partial charge in [-0.1, -0.05) is 0 Å². The van der Waals surface area contributed by atoms with Gasteiger partial charge < -0.3 is 14.8 Å². The number of nitrogens with one attached hydrogen (secondary N) is 1. The van der Waals surface area contributed by atoms with Gasteiger partial charge in [0.25, 0.3) is 0 Å². The average molecular weight is 287 g/mol. The molecule has 2 aromatic rings. The molecule has 2 rings (SSSR count). The van der Waals surface area contributed by atoms with E-state index in [1.165, 1.54) is 6.20 Å². The number of nitrogens with zero attached hydrogens (tertiary/aromatic N) is 2. The van der Waals surface area contributed by atoms with Gasteiger partial charge in [0.1, 0.15) is 5.75 Å². The Morgan fingerprint density at radius 3 is 2.57 bits per heavy atom. The number of aryl methyl sites for hydroxylation is 1. The van der Waals surface area contributed by atoms with Gasteiger partial charge in [-0.3, -0.25) is 0 Å². The highest BCUT2D eigenvalue weighted by Gasteiger charge is 2.13. The van der Waals surface area contributed by atoms with E-state index in [1.54, 1.807) is 13.8 Å². The Balaban J connectivity index is 2.14. The molecule has 0 fully saturated rings. The Hall–Kier alpha value is -2.63. The first-order valence-electron chi connectivity index (χ1n) is 6.60. The first kappa shape index (κ1) is 14.8. The van der Waals surface area contributed by atoms with E-state index >= 15 is 0 Å². The van der Waals surface area contributed by atoms with Crippen LogP contribution in [0.1, 0.15) is 23.0 Å². The number of carbonyl (C=O) groups excluding carboxylic acids is 1. The molecule has 0 aliphatic carbocycles. The Bertz CT molecular complexity index is 627. The van der Waals surface area contributed by atoms with Gasteiger partial charge in [-0.15, -0.1) is 0 Å². The molecule has 110 valence electrons. The second-order valence-corrected chi connectivity index (χ2v) is 4.25. The summed E-state index contributed by atoms with van der Waals surface area (Å²) in [4.78, 5) is 19.9. The van der Waals surface area contributed by atoms with Crippen LogP contribution in [0.15, 0.2) is 30.5 Å². The van der Waals surface area contributed by atoms with Crippen LogP contribution in [0, 0.1) is 6.92 Å². The van der Waals surface area contributed by atoms with Crippen LogP contribution in [0.2, 0.25) is 0 Å². The van der Waals surface area contributed by atoms with Gasteiger partial charge in [0.2, 0.25) is 0 Å². The second-order valence-electron chi connectivity index (χ2n) is 4.25. The van der Waals surface area contributed by atoms with Crippen LogP contribution in [0.3, 0.4) is 0 Å². The molecule has 1 aromatic carbocycles. The number of ether oxygens (including phenoxy) is 2. The Morgan fingerprint density at radius 1 is 1.29 bits per heavy atom. The van der Waals surface area contributed by atoms with Crippen LogP contribution < -0.4 is 10.1 Å². The van der Waals surface area contributed by atoms with E-state index in [0.717, 1.165) is 5.69 Å². The summed E-state index contributed by atoms with van der Waals surface area (Å²) in [7, 11) is 1.84. The summed E-state index contributed by atoms with van der Waals surface area (Å²) < 4.78 is 10.5. The van der Waals surface area contributed by atoms with Gasteiger partial charge >= 0.3 is 12.0 Å². The summed E-state index contributed by atoms with van der Waals surface area (Å²) in [6.07, 6.45) is 1.41. The van der Waals surface area contributed by atoms with Crippen molar-refractivity contribution in [2.24, 2.45) is 0 Å². The molecule has 0 aliphatic heterocycles. The zero-order valence-corrected chi connectivity index (χ0v) is 12.2. The number of carbonyl (C=O) groups is 1. The third-order valence-electron chi connectivity index (χ3n) is 2.80. The number of hydrogen-bond donors (Lipinski definition) is 1. The molecule has 0 amide bonds. The van der Waals surface area contributed by atoms with Gasteiger partial charge in [-0.05, 0) is 38.1 Å². The zero-order valence-electron chi connectivity index (χ0n) is 12.2. The largest absolute Gasteiger partial charge is 0.462 e. The highest BCUT2D eigenvalue weighted by Crippen LogP contribution is 2.20. The summed E-state index contributed by atoms with van der Waals surface area (Å²) in [6, 6.07) is 7.58. The first-order chi connectivity index (χ1) is 10.1. The smallest absolute Gasteiger partial charge is 0.341 e. The molecule has 0 spiro atoms. The molecule has 6 heteroatoms. The summed E-state index contributed by atoms with van der Waals surface area (Å²) in [5.74, 6) is 0.192. The van der Waals surface area contributed by atoms with Crippen molar-refractivity contribution in [2.75, 3.05) is 19.0 Å². The molecule has 21 heavy (non-hydrogen) atoms. The third-order valence-corrected chi connectivity index (χ3v) is 2.80. The predicted molar refractivity (Wildman–Crippen MR) is 78.8 cm³/mol. The molecule has 0 atom stereocenters. The van der Waals surface area contributed by atoms with Crippen LogP contribution in [0.25, 0.3) is 0 Å². The summed E-state index contributed by atoms with van der Waals surface area (Å²) in [5.41, 5.74) is 1.84. The molecular formula is C15H17N3O3. The van der Waals surface area contributed by atoms with Gasteiger partial charge in [0.05, 0.1) is 17.9 Å². The van der Waals surface area contributed by atoms with Crippen molar-refractivity contribution >= 4 is 11.7 Å². The average Bonchev–Trinajstić information content (AvgIpc) is 2.48. The highest BCUT2D eigenvalue weighted by atomic mass is 16.5. The Labute approximate surface area is 123 Å².